The van der Waals surface area contributed by atoms with Crippen LogP contribution in [0.4, 0.5) is 0 Å². The van der Waals surface area contributed by atoms with Crippen molar-refractivity contribution >= 4 is 27.7 Å². The summed E-state index contributed by atoms with van der Waals surface area (Å²) in [4.78, 5) is 1.41. The van der Waals surface area contributed by atoms with Gasteiger partial charge in [-0.25, -0.2) is 0 Å². The van der Waals surface area contributed by atoms with Crippen molar-refractivity contribution in [2.75, 3.05) is 12.3 Å². The van der Waals surface area contributed by atoms with Crippen molar-refractivity contribution in [3.8, 4) is 0 Å². The van der Waals surface area contributed by atoms with Gasteiger partial charge >= 0.3 is 0 Å². The van der Waals surface area contributed by atoms with Crippen molar-refractivity contribution in [1.29, 1.82) is 0 Å². The van der Waals surface area contributed by atoms with Crippen LogP contribution in [0.25, 0.3) is 0 Å². The average molecular weight is 314 g/mol. The largest absolute Gasteiger partial charge is 0.330 e. The van der Waals surface area contributed by atoms with Gasteiger partial charge in [-0.1, -0.05) is 34.8 Å². The maximum atomic E-state index is 5.66. The molecule has 17 heavy (non-hydrogen) atoms. The lowest BCUT2D eigenvalue weighted by atomic mass is 10.1. The quantitative estimate of drug-likeness (QED) is 0.823. The SMILES string of the molecule is NCCc1ccc(Br)cc1SCC1CCCC1. The van der Waals surface area contributed by atoms with Gasteiger partial charge < -0.3 is 5.73 Å². The van der Waals surface area contributed by atoms with Crippen molar-refractivity contribution in [2.24, 2.45) is 11.7 Å². The molecule has 0 heterocycles. The Bertz CT molecular complexity index is 361. The Morgan fingerprint density at radius 1 is 1.29 bits per heavy atom. The smallest absolute Gasteiger partial charge is 0.0186 e. The van der Waals surface area contributed by atoms with Crippen molar-refractivity contribution in [3.05, 3.63) is 28.2 Å². The molecule has 0 saturated heterocycles. The number of nitrogens with two attached hydrogens (primary N) is 1. The van der Waals surface area contributed by atoms with E-state index in [1.807, 2.05) is 11.8 Å². The molecule has 0 aromatic heterocycles. The molecule has 1 saturated carbocycles. The van der Waals surface area contributed by atoms with Gasteiger partial charge in [0.1, 0.15) is 0 Å². The Hall–Kier alpha value is 0.01000. The molecule has 0 radical (unpaired) electrons. The highest BCUT2D eigenvalue weighted by Crippen LogP contribution is 2.33. The minimum absolute atomic E-state index is 0.735. The molecule has 1 aliphatic rings. The molecular formula is C14H20BrNS. The van der Waals surface area contributed by atoms with E-state index in [9.17, 15) is 0 Å². The number of hydrogen-bond acceptors (Lipinski definition) is 2. The second-order valence-electron chi connectivity index (χ2n) is 4.75. The Labute approximate surface area is 117 Å². The number of rotatable bonds is 5. The van der Waals surface area contributed by atoms with Gasteiger partial charge in [0.05, 0.1) is 0 Å². The first kappa shape index (κ1) is 13.4. The van der Waals surface area contributed by atoms with E-state index in [0.29, 0.717) is 0 Å². The summed E-state index contributed by atoms with van der Waals surface area (Å²) in [6.07, 6.45) is 6.69. The van der Waals surface area contributed by atoms with Gasteiger partial charge in [0.2, 0.25) is 0 Å². The van der Waals surface area contributed by atoms with Crippen molar-refractivity contribution in [1.82, 2.24) is 0 Å². The summed E-state index contributed by atoms with van der Waals surface area (Å²) in [5, 5.41) is 0. The lowest BCUT2D eigenvalue weighted by Gasteiger charge is -2.12. The van der Waals surface area contributed by atoms with Crippen molar-refractivity contribution in [3.63, 3.8) is 0 Å². The van der Waals surface area contributed by atoms with E-state index < -0.39 is 0 Å². The maximum Gasteiger partial charge on any atom is 0.0186 e. The molecule has 0 aliphatic heterocycles. The molecule has 0 unspecified atom stereocenters. The van der Waals surface area contributed by atoms with Crippen LogP contribution >= 0.6 is 27.7 Å². The molecule has 1 aromatic rings. The molecule has 0 atom stereocenters. The molecule has 2 rings (SSSR count). The van der Waals surface area contributed by atoms with E-state index in [2.05, 4.69) is 34.1 Å². The molecular weight excluding hydrogens is 294 g/mol. The fourth-order valence-electron chi connectivity index (χ4n) is 2.41. The van der Waals surface area contributed by atoms with E-state index in [0.717, 1.165) is 18.9 Å². The van der Waals surface area contributed by atoms with Gasteiger partial charge in [0.15, 0.2) is 0 Å². The minimum atomic E-state index is 0.735. The zero-order valence-electron chi connectivity index (χ0n) is 10.1. The van der Waals surface area contributed by atoms with Crippen LogP contribution in [0.2, 0.25) is 0 Å². The summed E-state index contributed by atoms with van der Waals surface area (Å²) in [5.41, 5.74) is 7.07. The first-order chi connectivity index (χ1) is 8.29. The summed E-state index contributed by atoms with van der Waals surface area (Å²) in [7, 11) is 0. The van der Waals surface area contributed by atoms with Crippen LogP contribution < -0.4 is 5.73 Å². The monoisotopic (exact) mass is 313 g/mol. The zero-order chi connectivity index (χ0) is 12.1. The first-order valence-electron chi connectivity index (χ1n) is 6.41. The van der Waals surface area contributed by atoms with Gasteiger partial charge in [-0.3, -0.25) is 0 Å². The number of benzene rings is 1. The third-order valence-corrected chi connectivity index (χ3v) is 5.21. The highest BCUT2D eigenvalue weighted by Gasteiger charge is 2.15. The fourth-order valence-corrected chi connectivity index (χ4v) is 4.24. The van der Waals surface area contributed by atoms with Crippen LogP contribution in [0, 0.1) is 5.92 Å². The summed E-state index contributed by atoms with van der Waals surface area (Å²) in [6, 6.07) is 6.56. The molecule has 2 N–H and O–H groups in total. The molecule has 1 aliphatic carbocycles. The van der Waals surface area contributed by atoms with Crippen LogP contribution in [-0.2, 0) is 6.42 Å². The van der Waals surface area contributed by atoms with Crippen LogP contribution in [-0.4, -0.2) is 12.3 Å². The Morgan fingerprint density at radius 3 is 2.76 bits per heavy atom. The van der Waals surface area contributed by atoms with Crippen molar-refractivity contribution in [2.45, 2.75) is 37.0 Å². The lowest BCUT2D eigenvalue weighted by Crippen LogP contribution is -2.04. The highest BCUT2D eigenvalue weighted by atomic mass is 79.9. The van der Waals surface area contributed by atoms with Gasteiger partial charge in [-0.2, -0.15) is 0 Å². The van der Waals surface area contributed by atoms with Crippen LogP contribution in [0.1, 0.15) is 31.2 Å². The van der Waals surface area contributed by atoms with E-state index >= 15 is 0 Å². The standard InChI is InChI=1S/C14H20BrNS/c15-13-6-5-12(7-8-16)14(9-13)17-10-11-3-1-2-4-11/h5-6,9,11H,1-4,7-8,10,16H2. The number of hydrogen-bond donors (Lipinski definition) is 1. The summed E-state index contributed by atoms with van der Waals surface area (Å²) in [6.45, 7) is 0.735. The van der Waals surface area contributed by atoms with Crippen LogP contribution in [0.3, 0.4) is 0 Å². The normalized spacial score (nSPS) is 16.6. The molecule has 0 bridgehead atoms. The summed E-state index contributed by atoms with van der Waals surface area (Å²) >= 11 is 5.57. The Balaban J connectivity index is 1.99. The predicted octanol–water partition coefficient (Wildman–Crippen LogP) is 4.23. The van der Waals surface area contributed by atoms with E-state index in [1.165, 1.54) is 46.4 Å². The zero-order valence-corrected chi connectivity index (χ0v) is 12.5. The first-order valence-corrected chi connectivity index (χ1v) is 8.18. The minimum Gasteiger partial charge on any atom is -0.330 e. The molecule has 1 fully saturated rings. The van der Waals surface area contributed by atoms with Crippen LogP contribution in [0.15, 0.2) is 27.6 Å². The maximum absolute atomic E-state index is 5.66. The summed E-state index contributed by atoms with van der Waals surface area (Å²) < 4.78 is 1.17. The molecule has 1 nitrogen and oxygen atoms in total. The van der Waals surface area contributed by atoms with Crippen LogP contribution in [0.5, 0.6) is 0 Å². The van der Waals surface area contributed by atoms with E-state index in [-0.39, 0.29) is 0 Å². The predicted molar refractivity (Wildman–Crippen MR) is 79.6 cm³/mol. The molecule has 1 aromatic carbocycles. The topological polar surface area (TPSA) is 26.0 Å². The third-order valence-electron chi connectivity index (χ3n) is 3.39. The lowest BCUT2D eigenvalue weighted by molar-refractivity contribution is 0.623. The van der Waals surface area contributed by atoms with Gasteiger partial charge in [0, 0.05) is 15.1 Å². The molecule has 3 heteroatoms. The van der Waals surface area contributed by atoms with Crippen molar-refractivity contribution < 1.29 is 0 Å². The summed E-state index contributed by atoms with van der Waals surface area (Å²) in [5.74, 6) is 2.21. The Kier molecular flexibility index (Phi) is 5.39. The highest BCUT2D eigenvalue weighted by molar-refractivity contribution is 9.10. The van der Waals surface area contributed by atoms with Gasteiger partial charge in [-0.15, -0.1) is 11.8 Å². The number of halogens is 1. The average Bonchev–Trinajstić information content (AvgIpc) is 2.82. The third kappa shape index (κ3) is 4.01. The second-order valence-corrected chi connectivity index (χ2v) is 6.73. The number of thioether (sulfide) groups is 1. The molecule has 0 amide bonds. The van der Waals surface area contributed by atoms with Gasteiger partial charge in [-0.05, 0) is 49.4 Å². The fraction of sp³-hybridized carbons (Fsp3) is 0.571. The Morgan fingerprint density at radius 2 is 2.06 bits per heavy atom. The van der Waals surface area contributed by atoms with Gasteiger partial charge in [0.25, 0.3) is 0 Å². The van der Waals surface area contributed by atoms with E-state index in [4.69, 9.17) is 5.73 Å². The molecule has 0 spiro atoms. The van der Waals surface area contributed by atoms with E-state index in [1.54, 1.807) is 0 Å². The second kappa shape index (κ2) is 6.81. The molecule has 94 valence electrons.